The quantitative estimate of drug-likeness (QED) is 0.640. The summed E-state index contributed by atoms with van der Waals surface area (Å²) in [5.74, 6) is -0.261. The Morgan fingerprint density at radius 2 is 2.00 bits per heavy atom. The standard InChI is InChI=1S/C21H23N3O4S/c25-18(22-13-16-7-4-11-28-16)14-24-17-9-12-29-19(17)20(26)23(21(24)27)10-8-15-5-2-1-3-6-15/h1-3,5-6,9,12,16H,4,7-8,10-11,13-14H2,(H,22,25)/t16-/m1/s1. The van der Waals surface area contributed by atoms with Gasteiger partial charge < -0.3 is 10.1 Å². The Labute approximate surface area is 171 Å². The lowest BCUT2D eigenvalue weighted by Gasteiger charge is -2.14. The highest BCUT2D eigenvalue weighted by Gasteiger charge is 2.19. The largest absolute Gasteiger partial charge is 0.376 e. The molecule has 0 spiro atoms. The minimum atomic E-state index is -0.455. The molecule has 8 heteroatoms. The van der Waals surface area contributed by atoms with Crippen molar-refractivity contribution in [2.24, 2.45) is 0 Å². The fraction of sp³-hybridized carbons (Fsp3) is 0.381. The molecule has 1 aliphatic rings. The van der Waals surface area contributed by atoms with Gasteiger partial charge in [0.05, 0.1) is 11.6 Å². The number of fused-ring (bicyclic) bond motifs is 1. The molecule has 1 amide bonds. The van der Waals surface area contributed by atoms with Crippen LogP contribution in [0.1, 0.15) is 18.4 Å². The summed E-state index contributed by atoms with van der Waals surface area (Å²) in [4.78, 5) is 38.3. The number of hydrogen-bond acceptors (Lipinski definition) is 5. The number of amides is 1. The van der Waals surface area contributed by atoms with Gasteiger partial charge in [0, 0.05) is 19.7 Å². The van der Waals surface area contributed by atoms with E-state index in [1.165, 1.54) is 20.5 Å². The van der Waals surface area contributed by atoms with Crippen molar-refractivity contribution in [2.45, 2.75) is 38.5 Å². The number of thiophene rings is 1. The third-order valence-electron chi connectivity index (χ3n) is 5.16. The highest BCUT2D eigenvalue weighted by molar-refractivity contribution is 7.17. The molecule has 1 N–H and O–H groups in total. The summed E-state index contributed by atoms with van der Waals surface area (Å²) in [6.07, 6.45) is 2.54. The van der Waals surface area contributed by atoms with Crippen LogP contribution >= 0.6 is 11.3 Å². The Bertz CT molecular complexity index is 1110. The van der Waals surface area contributed by atoms with Crippen LogP contribution in [0.3, 0.4) is 0 Å². The Balaban J connectivity index is 1.57. The fourth-order valence-electron chi connectivity index (χ4n) is 3.60. The number of nitrogens with zero attached hydrogens (tertiary/aromatic N) is 2. The molecule has 0 unspecified atom stereocenters. The van der Waals surface area contributed by atoms with Crippen LogP contribution in [-0.2, 0) is 29.0 Å². The number of hydrogen-bond donors (Lipinski definition) is 1. The summed E-state index contributed by atoms with van der Waals surface area (Å²) < 4.78 is 8.63. The SMILES string of the molecule is O=C(Cn1c(=O)n(CCc2ccccc2)c(=O)c2sccc21)NC[C@H]1CCCO1. The molecule has 0 bridgehead atoms. The van der Waals surface area contributed by atoms with Gasteiger partial charge in [-0.2, -0.15) is 0 Å². The lowest BCUT2D eigenvalue weighted by atomic mass is 10.1. The van der Waals surface area contributed by atoms with Crippen LogP contribution in [0.5, 0.6) is 0 Å². The average Bonchev–Trinajstić information content (AvgIpc) is 3.42. The zero-order valence-corrected chi connectivity index (χ0v) is 16.8. The van der Waals surface area contributed by atoms with Crippen molar-refractivity contribution < 1.29 is 9.53 Å². The maximum Gasteiger partial charge on any atom is 0.332 e. The minimum absolute atomic E-state index is 0.0386. The fourth-order valence-corrected chi connectivity index (χ4v) is 4.44. The summed E-state index contributed by atoms with van der Waals surface area (Å²) >= 11 is 1.29. The Kier molecular flexibility index (Phi) is 5.92. The van der Waals surface area contributed by atoms with Gasteiger partial charge in [-0.15, -0.1) is 11.3 Å². The molecule has 1 aromatic carbocycles. The predicted octanol–water partition coefficient (Wildman–Crippen LogP) is 1.76. The minimum Gasteiger partial charge on any atom is -0.376 e. The van der Waals surface area contributed by atoms with E-state index in [1.807, 2.05) is 30.3 Å². The Morgan fingerprint density at radius 3 is 2.76 bits per heavy atom. The second kappa shape index (κ2) is 8.75. The van der Waals surface area contributed by atoms with Crippen molar-refractivity contribution in [3.05, 3.63) is 68.2 Å². The number of aryl methyl sites for hydroxylation is 1. The van der Waals surface area contributed by atoms with Crippen LogP contribution in [0, 0.1) is 0 Å². The van der Waals surface area contributed by atoms with Crippen molar-refractivity contribution in [3.8, 4) is 0 Å². The van der Waals surface area contributed by atoms with Gasteiger partial charge in [0.25, 0.3) is 5.56 Å². The summed E-state index contributed by atoms with van der Waals surface area (Å²) in [6.45, 7) is 1.31. The number of rotatable bonds is 7. The molecule has 3 heterocycles. The molecule has 3 aromatic rings. The molecule has 1 aliphatic heterocycles. The molecule has 152 valence electrons. The second-order valence-corrected chi connectivity index (χ2v) is 8.05. The summed E-state index contributed by atoms with van der Waals surface area (Å²) in [7, 11) is 0. The third-order valence-corrected chi connectivity index (χ3v) is 6.05. The molecule has 2 aromatic heterocycles. The maximum atomic E-state index is 13.0. The van der Waals surface area contributed by atoms with Gasteiger partial charge in [-0.1, -0.05) is 30.3 Å². The molecule has 4 rings (SSSR count). The van der Waals surface area contributed by atoms with Crippen LogP contribution in [-0.4, -0.2) is 34.3 Å². The number of aromatic nitrogens is 2. The monoisotopic (exact) mass is 413 g/mol. The summed E-state index contributed by atoms with van der Waals surface area (Å²) in [5.41, 5.74) is 0.801. The maximum absolute atomic E-state index is 13.0. The van der Waals surface area contributed by atoms with Crippen LogP contribution < -0.4 is 16.6 Å². The van der Waals surface area contributed by atoms with Crippen LogP contribution in [0.4, 0.5) is 0 Å². The molecule has 1 fully saturated rings. The van der Waals surface area contributed by atoms with E-state index < -0.39 is 5.69 Å². The molecular formula is C21H23N3O4S. The lowest BCUT2D eigenvalue weighted by Crippen LogP contribution is -2.43. The van der Waals surface area contributed by atoms with E-state index in [1.54, 1.807) is 11.4 Å². The normalized spacial score (nSPS) is 16.3. The average molecular weight is 413 g/mol. The van der Waals surface area contributed by atoms with Gasteiger partial charge >= 0.3 is 5.69 Å². The van der Waals surface area contributed by atoms with Gasteiger partial charge in [0.15, 0.2) is 0 Å². The van der Waals surface area contributed by atoms with Crippen LogP contribution in [0.2, 0.25) is 0 Å². The van der Waals surface area contributed by atoms with Crippen molar-refractivity contribution in [1.82, 2.24) is 14.5 Å². The van der Waals surface area contributed by atoms with E-state index in [-0.39, 0.29) is 30.7 Å². The van der Waals surface area contributed by atoms with Crippen molar-refractivity contribution in [2.75, 3.05) is 13.2 Å². The molecule has 1 saturated heterocycles. The second-order valence-electron chi connectivity index (χ2n) is 7.14. The highest BCUT2D eigenvalue weighted by Crippen LogP contribution is 2.15. The van der Waals surface area contributed by atoms with E-state index in [0.29, 0.717) is 23.2 Å². The predicted molar refractivity (Wildman–Crippen MR) is 112 cm³/mol. The molecular weight excluding hydrogens is 390 g/mol. The number of ether oxygens (including phenoxy) is 1. The summed E-state index contributed by atoms with van der Waals surface area (Å²) in [5, 5.41) is 4.61. The lowest BCUT2D eigenvalue weighted by molar-refractivity contribution is -0.122. The number of carbonyl (C=O) groups excluding carboxylic acids is 1. The zero-order valence-electron chi connectivity index (χ0n) is 16.0. The van der Waals surface area contributed by atoms with E-state index in [9.17, 15) is 14.4 Å². The van der Waals surface area contributed by atoms with Gasteiger partial charge in [0.2, 0.25) is 5.91 Å². The smallest absolute Gasteiger partial charge is 0.332 e. The first-order valence-corrected chi connectivity index (χ1v) is 10.6. The number of nitrogens with one attached hydrogen (secondary N) is 1. The van der Waals surface area contributed by atoms with E-state index in [0.717, 1.165) is 25.0 Å². The molecule has 0 aliphatic carbocycles. The number of carbonyl (C=O) groups is 1. The van der Waals surface area contributed by atoms with Crippen molar-refractivity contribution in [1.29, 1.82) is 0 Å². The van der Waals surface area contributed by atoms with Crippen molar-refractivity contribution in [3.63, 3.8) is 0 Å². The molecule has 1 atom stereocenters. The first-order valence-electron chi connectivity index (χ1n) is 9.76. The molecule has 0 saturated carbocycles. The molecule has 7 nitrogen and oxygen atoms in total. The third kappa shape index (κ3) is 4.33. The first-order chi connectivity index (χ1) is 14.1. The van der Waals surface area contributed by atoms with Crippen LogP contribution in [0.25, 0.3) is 10.2 Å². The first kappa shape index (κ1) is 19.6. The highest BCUT2D eigenvalue weighted by atomic mass is 32.1. The van der Waals surface area contributed by atoms with Gasteiger partial charge in [-0.3, -0.25) is 18.7 Å². The Hall–Kier alpha value is -2.71. The van der Waals surface area contributed by atoms with Crippen LogP contribution in [0.15, 0.2) is 51.4 Å². The van der Waals surface area contributed by atoms with E-state index in [2.05, 4.69) is 5.32 Å². The summed E-state index contributed by atoms with van der Waals surface area (Å²) in [6, 6.07) is 11.4. The van der Waals surface area contributed by atoms with Crippen molar-refractivity contribution >= 4 is 27.5 Å². The van der Waals surface area contributed by atoms with E-state index in [4.69, 9.17) is 4.74 Å². The topological polar surface area (TPSA) is 82.3 Å². The molecule has 0 radical (unpaired) electrons. The van der Waals surface area contributed by atoms with Gasteiger partial charge in [-0.05, 0) is 36.3 Å². The molecule has 29 heavy (non-hydrogen) atoms. The van der Waals surface area contributed by atoms with Gasteiger partial charge in [0.1, 0.15) is 11.2 Å². The zero-order chi connectivity index (χ0) is 20.2. The Morgan fingerprint density at radius 1 is 1.17 bits per heavy atom. The number of benzene rings is 1. The van der Waals surface area contributed by atoms with Gasteiger partial charge in [-0.25, -0.2) is 4.79 Å². The van der Waals surface area contributed by atoms with E-state index >= 15 is 0 Å².